The maximum atomic E-state index is 12.8. The van der Waals surface area contributed by atoms with Crippen molar-refractivity contribution in [2.24, 2.45) is 5.41 Å². The van der Waals surface area contributed by atoms with Crippen molar-refractivity contribution in [3.63, 3.8) is 0 Å². The predicted octanol–water partition coefficient (Wildman–Crippen LogP) is 3.03. The molecule has 2 aliphatic rings. The van der Waals surface area contributed by atoms with Crippen molar-refractivity contribution in [3.05, 3.63) is 23.9 Å². The summed E-state index contributed by atoms with van der Waals surface area (Å²) in [6.45, 7) is 3.50. The molecule has 2 fully saturated rings. The molecule has 132 valence electrons. The molecule has 0 aromatic carbocycles. The van der Waals surface area contributed by atoms with Crippen LogP contribution in [0, 0.1) is 5.41 Å². The normalized spacial score (nSPS) is 25.5. The zero-order valence-electron chi connectivity index (χ0n) is 14.5. The van der Waals surface area contributed by atoms with Gasteiger partial charge in [-0.1, -0.05) is 13.3 Å². The maximum absolute atomic E-state index is 12.8. The second-order valence-corrected chi connectivity index (χ2v) is 7.56. The number of hydrogen-bond acceptors (Lipinski definition) is 4. The van der Waals surface area contributed by atoms with Crippen molar-refractivity contribution in [1.29, 1.82) is 0 Å². The summed E-state index contributed by atoms with van der Waals surface area (Å²) in [5.41, 5.74) is 0.431. The van der Waals surface area contributed by atoms with E-state index < -0.39 is 0 Å². The van der Waals surface area contributed by atoms with Gasteiger partial charge in [0.25, 0.3) is 5.91 Å². The third-order valence-electron chi connectivity index (χ3n) is 5.27. The summed E-state index contributed by atoms with van der Waals surface area (Å²) < 4.78 is 5.97. The Morgan fingerprint density at radius 1 is 1.38 bits per heavy atom. The van der Waals surface area contributed by atoms with Gasteiger partial charge < -0.3 is 14.7 Å². The first kappa shape index (κ1) is 17.2. The van der Waals surface area contributed by atoms with E-state index in [9.17, 15) is 9.90 Å². The molecule has 1 amide bonds. The van der Waals surface area contributed by atoms with Gasteiger partial charge in [0.05, 0.1) is 6.61 Å². The van der Waals surface area contributed by atoms with Gasteiger partial charge in [0.2, 0.25) is 5.88 Å². The van der Waals surface area contributed by atoms with E-state index in [0.29, 0.717) is 18.0 Å². The first-order chi connectivity index (χ1) is 11.6. The van der Waals surface area contributed by atoms with E-state index in [2.05, 4.69) is 4.98 Å². The highest BCUT2D eigenvalue weighted by atomic mass is 16.5. The zero-order chi connectivity index (χ0) is 17.0. The van der Waals surface area contributed by atoms with Crippen LogP contribution >= 0.6 is 0 Å². The Morgan fingerprint density at radius 3 is 2.92 bits per heavy atom. The number of ether oxygens (including phenoxy) is 1. The highest BCUT2D eigenvalue weighted by Gasteiger charge is 2.33. The third-order valence-corrected chi connectivity index (χ3v) is 5.27. The zero-order valence-corrected chi connectivity index (χ0v) is 14.5. The van der Waals surface area contributed by atoms with E-state index in [1.165, 1.54) is 19.3 Å². The van der Waals surface area contributed by atoms with Gasteiger partial charge in [0.15, 0.2) is 0 Å². The lowest BCUT2D eigenvalue weighted by Gasteiger charge is -2.39. The van der Waals surface area contributed by atoms with Gasteiger partial charge in [-0.3, -0.25) is 4.79 Å². The summed E-state index contributed by atoms with van der Waals surface area (Å²) in [6, 6.07) is 3.52. The molecule has 0 radical (unpaired) electrons. The summed E-state index contributed by atoms with van der Waals surface area (Å²) in [6.07, 6.45) is 9.60. The molecule has 0 spiro atoms. The average molecular weight is 332 g/mol. The number of nitrogens with zero attached hydrogens (tertiary/aromatic N) is 2. The summed E-state index contributed by atoms with van der Waals surface area (Å²) >= 11 is 0. The van der Waals surface area contributed by atoms with Crippen LogP contribution in [0.2, 0.25) is 0 Å². The second kappa shape index (κ2) is 7.51. The number of aliphatic hydroxyl groups is 1. The molecule has 3 rings (SSSR count). The molecule has 1 aliphatic carbocycles. The van der Waals surface area contributed by atoms with Crippen LogP contribution < -0.4 is 4.74 Å². The van der Waals surface area contributed by atoms with Crippen molar-refractivity contribution in [2.75, 3.05) is 19.7 Å². The van der Waals surface area contributed by atoms with Gasteiger partial charge in [-0.05, 0) is 44.6 Å². The number of likely N-dealkylation sites (tertiary alicyclic amines) is 1. The fourth-order valence-corrected chi connectivity index (χ4v) is 3.76. The van der Waals surface area contributed by atoms with Gasteiger partial charge in [-0.25, -0.2) is 4.98 Å². The number of carbonyl (C=O) groups excluding carboxylic acids is 1. The Hall–Kier alpha value is -1.62. The third kappa shape index (κ3) is 4.07. The van der Waals surface area contributed by atoms with Crippen LogP contribution in [-0.4, -0.2) is 46.7 Å². The molecular weight excluding hydrogens is 304 g/mol. The Morgan fingerprint density at radius 2 is 2.17 bits per heavy atom. The quantitative estimate of drug-likeness (QED) is 0.920. The summed E-state index contributed by atoms with van der Waals surface area (Å²) in [7, 11) is 0. The van der Waals surface area contributed by atoms with Crippen molar-refractivity contribution in [2.45, 2.75) is 58.0 Å². The summed E-state index contributed by atoms with van der Waals surface area (Å²) in [4.78, 5) is 18.9. The molecule has 2 heterocycles. The minimum Gasteiger partial charge on any atom is -0.474 e. The first-order valence-corrected chi connectivity index (χ1v) is 9.12. The van der Waals surface area contributed by atoms with E-state index in [1.807, 2.05) is 11.8 Å². The largest absolute Gasteiger partial charge is 0.474 e. The van der Waals surface area contributed by atoms with Crippen LogP contribution in [-0.2, 0) is 0 Å². The topological polar surface area (TPSA) is 62.7 Å². The van der Waals surface area contributed by atoms with Crippen LogP contribution in [0.4, 0.5) is 0 Å². The van der Waals surface area contributed by atoms with Gasteiger partial charge in [-0.15, -0.1) is 0 Å². The molecule has 0 bridgehead atoms. The summed E-state index contributed by atoms with van der Waals surface area (Å²) in [5.74, 6) is 0.556. The molecule has 1 N–H and O–H groups in total. The molecule has 5 heteroatoms. The lowest BCUT2D eigenvalue weighted by molar-refractivity contribution is 0.0357. The summed E-state index contributed by atoms with van der Waals surface area (Å²) in [5, 5.41) is 9.58. The molecule has 1 unspecified atom stereocenters. The molecule has 1 aliphatic heterocycles. The number of rotatable bonds is 4. The average Bonchev–Trinajstić information content (AvgIpc) is 2.62. The number of hydrogen-bond donors (Lipinski definition) is 1. The van der Waals surface area contributed by atoms with Gasteiger partial charge in [0, 0.05) is 36.3 Å². The van der Waals surface area contributed by atoms with Crippen LogP contribution in [0.25, 0.3) is 0 Å². The molecule has 5 nitrogen and oxygen atoms in total. The molecule has 24 heavy (non-hydrogen) atoms. The van der Waals surface area contributed by atoms with E-state index in [-0.39, 0.29) is 24.0 Å². The monoisotopic (exact) mass is 332 g/mol. The minimum absolute atomic E-state index is 0.00488. The number of pyridine rings is 1. The van der Waals surface area contributed by atoms with E-state index in [0.717, 1.165) is 32.2 Å². The van der Waals surface area contributed by atoms with Crippen molar-refractivity contribution < 1.29 is 14.6 Å². The van der Waals surface area contributed by atoms with Crippen molar-refractivity contribution in [3.8, 4) is 5.88 Å². The van der Waals surface area contributed by atoms with Crippen LogP contribution in [0.15, 0.2) is 18.3 Å². The van der Waals surface area contributed by atoms with Crippen molar-refractivity contribution >= 4 is 5.91 Å². The Bertz CT molecular complexity index is 571. The lowest BCUT2D eigenvalue weighted by Crippen LogP contribution is -2.46. The number of aliphatic hydroxyl groups excluding tert-OH is 1. The molecule has 1 aromatic rings. The standard InChI is InChI=1S/C19H28N2O3/c1-19(14-22)9-5-11-21(13-19)18(23)15-8-10-20-17(12-15)24-16-6-3-2-4-7-16/h8,10,12,16,22H,2-7,9,11,13-14H2,1H3. The molecular formula is C19H28N2O3. The smallest absolute Gasteiger partial charge is 0.254 e. The van der Waals surface area contributed by atoms with Crippen LogP contribution in [0.3, 0.4) is 0 Å². The first-order valence-electron chi connectivity index (χ1n) is 9.12. The van der Waals surface area contributed by atoms with Gasteiger partial charge >= 0.3 is 0 Å². The van der Waals surface area contributed by atoms with Crippen LogP contribution in [0.1, 0.15) is 62.2 Å². The van der Waals surface area contributed by atoms with E-state index in [4.69, 9.17) is 4.74 Å². The van der Waals surface area contributed by atoms with E-state index in [1.54, 1.807) is 18.3 Å². The second-order valence-electron chi connectivity index (χ2n) is 7.56. The Balaban J connectivity index is 1.67. The van der Waals surface area contributed by atoms with Gasteiger partial charge in [0.1, 0.15) is 6.10 Å². The molecule has 1 atom stereocenters. The lowest BCUT2D eigenvalue weighted by atomic mass is 9.82. The molecule has 1 saturated carbocycles. The number of aromatic nitrogens is 1. The Kier molecular flexibility index (Phi) is 5.39. The van der Waals surface area contributed by atoms with Crippen molar-refractivity contribution in [1.82, 2.24) is 9.88 Å². The maximum Gasteiger partial charge on any atom is 0.254 e. The highest BCUT2D eigenvalue weighted by molar-refractivity contribution is 5.94. The number of piperidine rings is 1. The fraction of sp³-hybridized carbons (Fsp3) is 0.684. The SMILES string of the molecule is CC1(CO)CCCN(C(=O)c2ccnc(OC3CCCCC3)c2)C1. The molecule has 1 saturated heterocycles. The number of amides is 1. The fourth-order valence-electron chi connectivity index (χ4n) is 3.76. The Labute approximate surface area is 144 Å². The van der Waals surface area contributed by atoms with E-state index >= 15 is 0 Å². The predicted molar refractivity (Wildman–Crippen MR) is 92.1 cm³/mol. The minimum atomic E-state index is -0.192. The van der Waals surface area contributed by atoms with Gasteiger partial charge in [-0.2, -0.15) is 0 Å². The highest BCUT2D eigenvalue weighted by Crippen LogP contribution is 2.30. The molecule has 1 aromatic heterocycles. The number of carbonyl (C=O) groups is 1. The van der Waals surface area contributed by atoms with Crippen LogP contribution in [0.5, 0.6) is 5.88 Å².